The Hall–Kier alpha value is -2.27. The van der Waals surface area contributed by atoms with Crippen LogP contribution in [0.2, 0.25) is 5.02 Å². The summed E-state index contributed by atoms with van der Waals surface area (Å²) in [6.07, 6.45) is 0. The molecule has 0 amide bonds. The van der Waals surface area contributed by atoms with E-state index in [1.165, 1.54) is 4.90 Å². The van der Waals surface area contributed by atoms with Gasteiger partial charge in [-0.15, -0.1) is 0 Å². The molecule has 0 saturated carbocycles. The highest BCUT2D eigenvalue weighted by molar-refractivity contribution is 6.30. The number of ether oxygens (including phenoxy) is 2. The summed E-state index contributed by atoms with van der Waals surface area (Å²) in [5, 5.41) is 13.0. The van der Waals surface area contributed by atoms with Gasteiger partial charge < -0.3 is 24.1 Å². The lowest BCUT2D eigenvalue weighted by molar-refractivity contribution is -0.906. The Balaban J connectivity index is 1.53. The summed E-state index contributed by atoms with van der Waals surface area (Å²) >= 11 is 5.92. The standard InChI is InChI=1S/C17H19ClN4O3/c18-13-2-1-3-14(10-13)24-12-16-21-15(11-19)17(25-16)20-4-5-22-6-8-23-9-7-22/h1-3,10,20H,4-9,12H2/p+1. The molecule has 1 aliphatic rings. The third kappa shape index (κ3) is 5.10. The molecule has 2 aromatic rings. The van der Waals surface area contributed by atoms with Crippen molar-refractivity contribution in [2.45, 2.75) is 6.61 Å². The molecular weight excluding hydrogens is 344 g/mol. The van der Waals surface area contributed by atoms with Gasteiger partial charge in [0.05, 0.1) is 26.3 Å². The van der Waals surface area contributed by atoms with Crippen LogP contribution in [0.25, 0.3) is 0 Å². The summed E-state index contributed by atoms with van der Waals surface area (Å²) in [4.78, 5) is 5.63. The zero-order valence-electron chi connectivity index (χ0n) is 13.8. The Labute approximate surface area is 151 Å². The van der Waals surface area contributed by atoms with Crippen molar-refractivity contribution in [1.82, 2.24) is 4.98 Å². The smallest absolute Gasteiger partial charge is 0.236 e. The van der Waals surface area contributed by atoms with E-state index in [2.05, 4.69) is 10.3 Å². The number of nitriles is 1. The van der Waals surface area contributed by atoms with Gasteiger partial charge >= 0.3 is 0 Å². The number of morpholine rings is 1. The number of aromatic nitrogens is 1. The average molecular weight is 364 g/mol. The molecule has 2 N–H and O–H groups in total. The molecule has 1 aromatic carbocycles. The fourth-order valence-corrected chi connectivity index (χ4v) is 2.77. The van der Waals surface area contributed by atoms with Crippen LogP contribution in [0.4, 0.5) is 5.88 Å². The maximum atomic E-state index is 9.21. The highest BCUT2D eigenvalue weighted by Gasteiger charge is 2.16. The third-order valence-electron chi connectivity index (χ3n) is 3.90. The summed E-state index contributed by atoms with van der Waals surface area (Å²) < 4.78 is 16.5. The van der Waals surface area contributed by atoms with Gasteiger partial charge in [-0.25, -0.2) is 0 Å². The molecule has 7 nitrogen and oxygen atoms in total. The first-order chi connectivity index (χ1) is 12.2. The number of oxazole rings is 1. The van der Waals surface area contributed by atoms with Crippen LogP contribution in [0, 0.1) is 11.3 Å². The van der Waals surface area contributed by atoms with Gasteiger partial charge in [-0.3, -0.25) is 0 Å². The minimum absolute atomic E-state index is 0.130. The molecule has 0 spiro atoms. The van der Waals surface area contributed by atoms with Crippen LogP contribution in [0.1, 0.15) is 11.6 Å². The van der Waals surface area contributed by atoms with Gasteiger partial charge in [-0.1, -0.05) is 17.7 Å². The first kappa shape index (κ1) is 17.5. The summed E-state index contributed by atoms with van der Waals surface area (Å²) in [6, 6.07) is 9.12. The lowest BCUT2D eigenvalue weighted by atomic mass is 10.3. The molecule has 1 aromatic heterocycles. The van der Waals surface area contributed by atoms with Crippen LogP contribution in [0.3, 0.4) is 0 Å². The average Bonchev–Trinajstić information content (AvgIpc) is 3.03. The van der Waals surface area contributed by atoms with Crippen molar-refractivity contribution >= 4 is 17.5 Å². The molecule has 0 radical (unpaired) electrons. The van der Waals surface area contributed by atoms with E-state index in [1.54, 1.807) is 24.3 Å². The van der Waals surface area contributed by atoms with Crippen molar-refractivity contribution in [2.24, 2.45) is 0 Å². The summed E-state index contributed by atoms with van der Waals surface area (Å²) in [5.41, 5.74) is 0.238. The van der Waals surface area contributed by atoms with Gasteiger partial charge in [0.1, 0.15) is 24.9 Å². The molecule has 0 unspecified atom stereocenters. The molecule has 1 saturated heterocycles. The predicted molar refractivity (Wildman–Crippen MR) is 91.9 cm³/mol. The minimum Gasteiger partial charge on any atom is -0.484 e. The third-order valence-corrected chi connectivity index (χ3v) is 4.13. The number of benzene rings is 1. The number of rotatable bonds is 7. The maximum absolute atomic E-state index is 9.21. The Morgan fingerprint density at radius 1 is 1.36 bits per heavy atom. The fourth-order valence-electron chi connectivity index (χ4n) is 2.59. The van der Waals surface area contributed by atoms with E-state index < -0.39 is 0 Å². The number of nitrogens with zero attached hydrogens (tertiary/aromatic N) is 2. The van der Waals surface area contributed by atoms with Gasteiger partial charge in [-0.05, 0) is 18.2 Å². The van der Waals surface area contributed by atoms with E-state index in [0.717, 1.165) is 32.8 Å². The fraction of sp³-hybridized carbons (Fsp3) is 0.412. The van der Waals surface area contributed by atoms with E-state index >= 15 is 0 Å². The van der Waals surface area contributed by atoms with Crippen molar-refractivity contribution in [3.8, 4) is 11.8 Å². The van der Waals surface area contributed by atoms with Crippen LogP contribution >= 0.6 is 11.6 Å². The zero-order valence-corrected chi connectivity index (χ0v) is 14.5. The first-order valence-electron chi connectivity index (χ1n) is 8.18. The largest absolute Gasteiger partial charge is 0.484 e. The molecule has 0 bridgehead atoms. The van der Waals surface area contributed by atoms with Gasteiger partial charge in [0.15, 0.2) is 6.61 Å². The highest BCUT2D eigenvalue weighted by Crippen LogP contribution is 2.20. The van der Waals surface area contributed by atoms with E-state index in [-0.39, 0.29) is 12.3 Å². The van der Waals surface area contributed by atoms with Gasteiger partial charge in [0.2, 0.25) is 17.5 Å². The second kappa shape index (κ2) is 8.72. The van der Waals surface area contributed by atoms with Gasteiger partial charge in [0.25, 0.3) is 0 Å². The first-order valence-corrected chi connectivity index (χ1v) is 8.56. The molecule has 0 atom stereocenters. The van der Waals surface area contributed by atoms with Crippen molar-refractivity contribution in [2.75, 3.05) is 44.7 Å². The van der Waals surface area contributed by atoms with E-state index in [9.17, 15) is 5.26 Å². The molecule has 8 heteroatoms. The monoisotopic (exact) mass is 363 g/mol. The summed E-state index contributed by atoms with van der Waals surface area (Å²) in [5.74, 6) is 1.35. The quantitative estimate of drug-likeness (QED) is 0.766. The number of nitrogens with one attached hydrogen (secondary N) is 2. The molecule has 1 fully saturated rings. The molecule has 3 rings (SSSR count). The molecule has 25 heavy (non-hydrogen) atoms. The van der Waals surface area contributed by atoms with Crippen molar-refractivity contribution in [3.05, 3.63) is 40.9 Å². The lowest BCUT2D eigenvalue weighted by Gasteiger charge is -2.23. The van der Waals surface area contributed by atoms with Crippen molar-refractivity contribution in [3.63, 3.8) is 0 Å². The van der Waals surface area contributed by atoms with Crippen LogP contribution in [-0.4, -0.2) is 44.4 Å². The van der Waals surface area contributed by atoms with E-state index in [0.29, 0.717) is 29.1 Å². The Kier molecular flexibility index (Phi) is 6.12. The lowest BCUT2D eigenvalue weighted by Crippen LogP contribution is -3.14. The normalized spacial score (nSPS) is 14.9. The second-order valence-electron chi connectivity index (χ2n) is 5.68. The van der Waals surface area contributed by atoms with Crippen molar-refractivity contribution in [1.29, 1.82) is 5.26 Å². The highest BCUT2D eigenvalue weighted by atomic mass is 35.5. The Morgan fingerprint density at radius 3 is 2.96 bits per heavy atom. The van der Waals surface area contributed by atoms with E-state index in [1.807, 2.05) is 6.07 Å². The molecule has 0 aliphatic carbocycles. The second-order valence-corrected chi connectivity index (χ2v) is 6.12. The van der Waals surface area contributed by atoms with Crippen LogP contribution in [0.15, 0.2) is 28.7 Å². The Morgan fingerprint density at radius 2 is 2.20 bits per heavy atom. The molecular formula is C17H20ClN4O3+. The number of quaternary nitrogens is 1. The Bertz CT molecular complexity index is 738. The predicted octanol–water partition coefficient (Wildman–Crippen LogP) is 1.11. The van der Waals surface area contributed by atoms with Gasteiger partial charge in [0, 0.05) is 5.02 Å². The van der Waals surface area contributed by atoms with Gasteiger partial charge in [-0.2, -0.15) is 10.2 Å². The van der Waals surface area contributed by atoms with Crippen LogP contribution in [-0.2, 0) is 11.3 Å². The molecule has 132 valence electrons. The zero-order chi connectivity index (χ0) is 17.5. The molecule has 2 heterocycles. The topological polar surface area (TPSA) is 84.8 Å². The number of hydrogen-bond acceptors (Lipinski definition) is 6. The maximum Gasteiger partial charge on any atom is 0.236 e. The number of halogens is 1. The molecule has 1 aliphatic heterocycles. The van der Waals surface area contributed by atoms with Crippen molar-refractivity contribution < 1.29 is 18.8 Å². The van der Waals surface area contributed by atoms with Crippen LogP contribution in [0.5, 0.6) is 5.75 Å². The summed E-state index contributed by atoms with van der Waals surface area (Å²) in [7, 11) is 0. The SMILES string of the molecule is N#Cc1nc(COc2cccc(Cl)c2)oc1NCC[NH+]1CCOCC1. The number of hydrogen-bond donors (Lipinski definition) is 2. The number of anilines is 1. The van der Waals surface area contributed by atoms with Crippen LogP contribution < -0.4 is 15.0 Å². The summed E-state index contributed by atoms with van der Waals surface area (Å²) in [6.45, 7) is 5.37. The van der Waals surface area contributed by atoms with E-state index in [4.69, 9.17) is 25.5 Å². The minimum atomic E-state index is 0.130.